The first-order valence-electron chi connectivity index (χ1n) is 8.09. The Hall–Kier alpha value is -1.39. The van der Waals surface area contributed by atoms with Gasteiger partial charge in [-0.1, -0.05) is 24.3 Å². The number of rotatable bonds is 6. The highest BCUT2D eigenvalue weighted by molar-refractivity contribution is 5.76. The van der Waals surface area contributed by atoms with Gasteiger partial charge in [0.2, 0.25) is 5.91 Å². The molecule has 1 aromatic rings. The van der Waals surface area contributed by atoms with Crippen LogP contribution in [-0.2, 0) is 22.6 Å². The molecule has 0 bridgehead atoms. The van der Waals surface area contributed by atoms with Crippen LogP contribution in [-0.4, -0.2) is 50.1 Å². The van der Waals surface area contributed by atoms with Crippen LogP contribution < -0.4 is 0 Å². The molecule has 1 fully saturated rings. The zero-order valence-electron chi connectivity index (χ0n) is 14.0. The zero-order valence-corrected chi connectivity index (χ0v) is 14.0. The Balaban J connectivity index is 1.93. The molecule has 1 heterocycles. The molecule has 0 aromatic heterocycles. The summed E-state index contributed by atoms with van der Waals surface area (Å²) in [5.41, 5.74) is 2.51. The van der Waals surface area contributed by atoms with Gasteiger partial charge in [0.15, 0.2) is 0 Å². The van der Waals surface area contributed by atoms with Crippen molar-refractivity contribution in [3.05, 3.63) is 35.4 Å². The van der Waals surface area contributed by atoms with Gasteiger partial charge in [-0.05, 0) is 44.0 Å². The minimum atomic E-state index is 0.218. The van der Waals surface area contributed by atoms with E-state index in [1.807, 2.05) is 18.0 Å². The van der Waals surface area contributed by atoms with Crippen molar-refractivity contribution in [3.63, 3.8) is 0 Å². The number of carbonyl (C=O) groups excluding carboxylic acids is 1. The lowest BCUT2D eigenvalue weighted by Crippen LogP contribution is -2.31. The fourth-order valence-electron chi connectivity index (χ4n) is 2.92. The summed E-state index contributed by atoms with van der Waals surface area (Å²) in [6, 6.07) is 8.36. The molecule has 0 radical (unpaired) electrons. The van der Waals surface area contributed by atoms with E-state index in [1.165, 1.54) is 11.1 Å². The second-order valence-electron chi connectivity index (χ2n) is 6.54. The molecular formula is C18H28N2O2. The van der Waals surface area contributed by atoms with Crippen LogP contribution in [0.15, 0.2) is 24.3 Å². The van der Waals surface area contributed by atoms with Crippen molar-refractivity contribution in [2.75, 3.05) is 34.4 Å². The largest absolute Gasteiger partial charge is 0.381 e. The van der Waals surface area contributed by atoms with Crippen LogP contribution in [0, 0.1) is 5.92 Å². The molecule has 1 atom stereocenters. The van der Waals surface area contributed by atoms with Crippen LogP contribution in [0.5, 0.6) is 0 Å². The highest BCUT2D eigenvalue weighted by atomic mass is 16.5. The Labute approximate surface area is 134 Å². The molecule has 0 unspecified atom stereocenters. The van der Waals surface area contributed by atoms with Crippen LogP contribution in [0.3, 0.4) is 0 Å². The summed E-state index contributed by atoms with van der Waals surface area (Å²) in [5.74, 6) is 0.607. The third kappa shape index (κ3) is 5.11. The summed E-state index contributed by atoms with van der Waals surface area (Å²) in [5, 5.41) is 0. The molecule has 2 rings (SSSR count). The Kier molecular flexibility index (Phi) is 6.40. The summed E-state index contributed by atoms with van der Waals surface area (Å²) in [7, 11) is 6.03. The minimum absolute atomic E-state index is 0.218. The standard InChI is InChI=1S/C18H28N2O2/c1-19(2)12-16-8-4-5-9-17(16)13-20(3)18(21)11-15-7-6-10-22-14-15/h4-5,8-9,15H,6-7,10-14H2,1-3H3/t15-/m1/s1. The van der Waals surface area contributed by atoms with Crippen molar-refractivity contribution >= 4 is 5.91 Å². The van der Waals surface area contributed by atoms with Gasteiger partial charge in [-0.2, -0.15) is 0 Å². The molecule has 4 heteroatoms. The molecule has 1 aromatic carbocycles. The maximum absolute atomic E-state index is 12.4. The smallest absolute Gasteiger partial charge is 0.222 e. The summed E-state index contributed by atoms with van der Waals surface area (Å²) in [6.07, 6.45) is 2.79. The van der Waals surface area contributed by atoms with Crippen molar-refractivity contribution in [1.82, 2.24) is 9.80 Å². The van der Waals surface area contributed by atoms with Crippen molar-refractivity contribution in [3.8, 4) is 0 Å². The van der Waals surface area contributed by atoms with Crippen molar-refractivity contribution in [2.45, 2.75) is 32.4 Å². The maximum Gasteiger partial charge on any atom is 0.222 e. The SMILES string of the molecule is CN(C)Cc1ccccc1CN(C)C(=O)C[C@H]1CCCOC1. The van der Waals surface area contributed by atoms with E-state index in [1.54, 1.807) is 0 Å². The number of ether oxygens (including phenoxy) is 1. The normalized spacial score (nSPS) is 18.5. The van der Waals surface area contributed by atoms with Crippen LogP contribution in [0.4, 0.5) is 0 Å². The third-order valence-corrected chi connectivity index (χ3v) is 4.16. The number of hydrogen-bond donors (Lipinski definition) is 0. The van der Waals surface area contributed by atoms with E-state index in [4.69, 9.17) is 4.74 Å². The van der Waals surface area contributed by atoms with Gasteiger partial charge in [0.1, 0.15) is 0 Å². The van der Waals surface area contributed by atoms with Crippen molar-refractivity contribution < 1.29 is 9.53 Å². The third-order valence-electron chi connectivity index (χ3n) is 4.16. The first kappa shape index (κ1) is 17.0. The molecule has 0 saturated carbocycles. The average Bonchev–Trinajstić information content (AvgIpc) is 2.49. The van der Waals surface area contributed by atoms with Gasteiger partial charge in [-0.3, -0.25) is 4.79 Å². The monoisotopic (exact) mass is 304 g/mol. The van der Waals surface area contributed by atoms with Crippen molar-refractivity contribution in [1.29, 1.82) is 0 Å². The Bertz CT molecular complexity index is 482. The lowest BCUT2D eigenvalue weighted by Gasteiger charge is -2.25. The van der Waals surface area contributed by atoms with E-state index in [-0.39, 0.29) is 5.91 Å². The molecule has 1 aliphatic rings. The number of carbonyl (C=O) groups is 1. The fourth-order valence-corrected chi connectivity index (χ4v) is 2.92. The first-order valence-corrected chi connectivity index (χ1v) is 8.09. The lowest BCUT2D eigenvalue weighted by atomic mass is 9.98. The molecule has 4 nitrogen and oxygen atoms in total. The van der Waals surface area contributed by atoms with Gasteiger partial charge in [-0.15, -0.1) is 0 Å². The summed E-state index contributed by atoms with van der Waals surface area (Å²) < 4.78 is 5.47. The number of nitrogens with zero attached hydrogens (tertiary/aromatic N) is 2. The Morgan fingerprint density at radius 1 is 1.18 bits per heavy atom. The van der Waals surface area contributed by atoms with Crippen LogP contribution in [0.25, 0.3) is 0 Å². The minimum Gasteiger partial charge on any atom is -0.381 e. The van der Waals surface area contributed by atoms with E-state index in [0.29, 0.717) is 18.9 Å². The van der Waals surface area contributed by atoms with E-state index in [2.05, 4.69) is 37.2 Å². The molecule has 1 aliphatic heterocycles. The molecule has 122 valence electrons. The molecule has 1 amide bonds. The summed E-state index contributed by atoms with van der Waals surface area (Å²) in [4.78, 5) is 16.4. The van der Waals surface area contributed by atoms with Gasteiger partial charge in [0.25, 0.3) is 0 Å². The molecule has 22 heavy (non-hydrogen) atoms. The second-order valence-corrected chi connectivity index (χ2v) is 6.54. The van der Waals surface area contributed by atoms with Crippen molar-refractivity contribution in [2.24, 2.45) is 5.92 Å². The predicted octanol–water partition coefficient (Wildman–Crippen LogP) is 2.52. The highest BCUT2D eigenvalue weighted by Gasteiger charge is 2.20. The van der Waals surface area contributed by atoms with Gasteiger partial charge in [0, 0.05) is 39.8 Å². The van der Waals surface area contributed by atoms with Gasteiger partial charge >= 0.3 is 0 Å². The Morgan fingerprint density at radius 2 is 1.86 bits per heavy atom. The van der Waals surface area contributed by atoms with E-state index >= 15 is 0 Å². The number of amides is 1. The molecule has 0 spiro atoms. The molecule has 0 aliphatic carbocycles. The van der Waals surface area contributed by atoms with E-state index in [0.717, 1.165) is 32.6 Å². The van der Waals surface area contributed by atoms with Crippen LogP contribution in [0.2, 0.25) is 0 Å². The van der Waals surface area contributed by atoms with E-state index < -0.39 is 0 Å². The van der Waals surface area contributed by atoms with Gasteiger partial charge in [-0.25, -0.2) is 0 Å². The predicted molar refractivity (Wildman–Crippen MR) is 88.5 cm³/mol. The maximum atomic E-state index is 12.4. The lowest BCUT2D eigenvalue weighted by molar-refractivity contribution is -0.132. The number of hydrogen-bond acceptors (Lipinski definition) is 3. The average molecular weight is 304 g/mol. The van der Waals surface area contributed by atoms with Gasteiger partial charge < -0.3 is 14.5 Å². The Morgan fingerprint density at radius 3 is 2.45 bits per heavy atom. The molecule has 1 saturated heterocycles. The van der Waals surface area contributed by atoms with E-state index in [9.17, 15) is 4.79 Å². The first-order chi connectivity index (χ1) is 10.6. The number of benzene rings is 1. The molecule has 0 N–H and O–H groups in total. The topological polar surface area (TPSA) is 32.8 Å². The highest BCUT2D eigenvalue weighted by Crippen LogP contribution is 2.19. The van der Waals surface area contributed by atoms with Crippen LogP contribution in [0.1, 0.15) is 30.4 Å². The quantitative estimate of drug-likeness (QED) is 0.809. The van der Waals surface area contributed by atoms with Crippen LogP contribution >= 0.6 is 0 Å². The van der Waals surface area contributed by atoms with Gasteiger partial charge in [0.05, 0.1) is 0 Å². The molecular weight excluding hydrogens is 276 g/mol. The summed E-state index contributed by atoms with van der Waals surface area (Å²) >= 11 is 0. The second kappa shape index (κ2) is 8.30. The summed E-state index contributed by atoms with van der Waals surface area (Å²) in [6.45, 7) is 3.15. The fraction of sp³-hybridized carbons (Fsp3) is 0.611. The zero-order chi connectivity index (χ0) is 15.9.